The fraction of sp³-hybridized carbons (Fsp3) is 0.889. The Bertz CT molecular complexity index is 670. The van der Waals surface area contributed by atoms with Crippen molar-refractivity contribution >= 4 is 5.78 Å². The molecule has 0 spiro atoms. The Morgan fingerprint density at radius 2 is 1.77 bits per heavy atom. The van der Waals surface area contributed by atoms with E-state index >= 15 is 0 Å². The minimum atomic E-state index is -0.241. The molecule has 30 heavy (non-hydrogen) atoms. The van der Waals surface area contributed by atoms with Crippen molar-refractivity contribution in [2.45, 2.75) is 105 Å². The molecule has 3 fully saturated rings. The maximum absolute atomic E-state index is 13.4. The van der Waals surface area contributed by atoms with E-state index in [2.05, 4.69) is 34.6 Å². The number of aliphatic hydroxyl groups is 1. The van der Waals surface area contributed by atoms with E-state index in [0.717, 1.165) is 37.0 Å². The van der Waals surface area contributed by atoms with Crippen LogP contribution in [-0.4, -0.2) is 17.0 Å². The van der Waals surface area contributed by atoms with Crippen LogP contribution in [0, 0.1) is 90.4 Å². The Kier molecular flexibility index (Phi) is 8.13. The van der Waals surface area contributed by atoms with E-state index in [1.54, 1.807) is 0 Å². The number of aliphatic hydroxyl groups excluding tert-OH is 1. The summed E-state index contributed by atoms with van der Waals surface area (Å²) in [5, 5.41) is 10.2. The van der Waals surface area contributed by atoms with Gasteiger partial charge in [0.25, 0.3) is 0 Å². The van der Waals surface area contributed by atoms with Crippen LogP contribution < -0.4 is 0 Å². The van der Waals surface area contributed by atoms with Gasteiger partial charge in [-0.05, 0) is 91.4 Å². The summed E-state index contributed by atoms with van der Waals surface area (Å²) in [4.78, 5) is 13.4. The number of carbonyl (C=O) groups is 1. The number of allylic oxidation sites excluding steroid dienone is 1. The molecular formula is C27H44AcO2. The fourth-order valence-electron chi connectivity index (χ4n) is 8.41. The van der Waals surface area contributed by atoms with Crippen LogP contribution in [0.1, 0.15) is 98.8 Å². The molecule has 0 aromatic carbocycles. The second kappa shape index (κ2) is 9.59. The van der Waals surface area contributed by atoms with Crippen LogP contribution in [0.3, 0.4) is 0 Å². The van der Waals surface area contributed by atoms with Crippen LogP contribution >= 0.6 is 0 Å². The van der Waals surface area contributed by atoms with Gasteiger partial charge < -0.3 is 5.11 Å². The minimum Gasteiger partial charge on any atom is -0.393 e. The molecule has 4 rings (SSSR count). The Morgan fingerprint density at radius 3 is 2.47 bits per heavy atom. The van der Waals surface area contributed by atoms with Gasteiger partial charge >= 0.3 is 0 Å². The van der Waals surface area contributed by atoms with E-state index in [1.807, 2.05) is 6.08 Å². The monoisotopic (exact) mass is 627 g/mol. The smallest absolute Gasteiger partial charge is 0.159 e. The summed E-state index contributed by atoms with van der Waals surface area (Å²) in [5.74, 6) is 4.11. The van der Waals surface area contributed by atoms with Crippen LogP contribution in [0.25, 0.3) is 0 Å². The van der Waals surface area contributed by atoms with E-state index in [1.165, 1.54) is 50.5 Å². The standard InChI is InChI=1S/C27H44O2.Ac/c1-17(2)7-6-8-18(3)21-9-10-22-25-23(12-14-27(21,22)5)26(4)13-11-20(28)15-19(26)16-24(25)29;/h16-18,20-23,25,28H,6-15H2,1-5H3;. The van der Waals surface area contributed by atoms with Gasteiger partial charge in [-0.3, -0.25) is 4.79 Å². The van der Waals surface area contributed by atoms with Crippen molar-refractivity contribution in [2.75, 3.05) is 0 Å². The Morgan fingerprint density at radius 1 is 1.03 bits per heavy atom. The molecule has 167 valence electrons. The van der Waals surface area contributed by atoms with Gasteiger partial charge in [0.1, 0.15) is 0 Å². The van der Waals surface area contributed by atoms with Crippen LogP contribution in [-0.2, 0) is 4.79 Å². The predicted molar refractivity (Wildman–Crippen MR) is 119 cm³/mol. The van der Waals surface area contributed by atoms with Gasteiger partial charge in [-0.1, -0.05) is 59.5 Å². The summed E-state index contributed by atoms with van der Waals surface area (Å²) in [6.45, 7) is 12.1. The summed E-state index contributed by atoms with van der Waals surface area (Å²) >= 11 is 0. The second-order valence-electron chi connectivity index (χ2n) is 12.2. The van der Waals surface area contributed by atoms with Crippen LogP contribution in [0.4, 0.5) is 0 Å². The van der Waals surface area contributed by atoms with Crippen molar-refractivity contribution in [3.05, 3.63) is 11.6 Å². The molecule has 0 aliphatic heterocycles. The predicted octanol–water partition coefficient (Wildman–Crippen LogP) is 6.57. The van der Waals surface area contributed by atoms with E-state index in [9.17, 15) is 9.90 Å². The normalized spacial score (nSPS) is 43.9. The summed E-state index contributed by atoms with van der Waals surface area (Å²) < 4.78 is 0. The molecular weight excluding hydrogens is 583 g/mol. The number of hydrogen-bond donors (Lipinski definition) is 1. The molecule has 0 aromatic heterocycles. The molecule has 4 aliphatic carbocycles. The Labute approximate surface area is 221 Å². The number of carbonyl (C=O) groups excluding carboxylic acids is 1. The summed E-state index contributed by atoms with van der Waals surface area (Å²) in [6.07, 6.45) is 13.6. The molecule has 2 nitrogen and oxygen atoms in total. The van der Waals surface area contributed by atoms with Crippen molar-refractivity contribution < 1.29 is 54.0 Å². The summed E-state index contributed by atoms with van der Waals surface area (Å²) in [7, 11) is 0. The number of rotatable bonds is 5. The first-order chi connectivity index (χ1) is 13.7. The van der Waals surface area contributed by atoms with Gasteiger partial charge in [0, 0.05) is 50.0 Å². The van der Waals surface area contributed by atoms with Crippen molar-refractivity contribution in [3.63, 3.8) is 0 Å². The molecule has 1 radical (unpaired) electrons. The average molecular weight is 628 g/mol. The van der Waals surface area contributed by atoms with Crippen molar-refractivity contribution in [2.24, 2.45) is 46.3 Å². The van der Waals surface area contributed by atoms with Gasteiger partial charge in [-0.15, -0.1) is 0 Å². The Hall–Kier alpha value is 0.812. The average Bonchev–Trinajstić information content (AvgIpc) is 3.00. The number of hydrogen-bond acceptors (Lipinski definition) is 2. The summed E-state index contributed by atoms with van der Waals surface area (Å²) in [5.41, 5.74) is 1.77. The van der Waals surface area contributed by atoms with Crippen molar-refractivity contribution in [1.82, 2.24) is 0 Å². The molecule has 0 aromatic rings. The first kappa shape index (κ1) is 25.4. The quantitative estimate of drug-likeness (QED) is 0.375. The third-order valence-electron chi connectivity index (χ3n) is 10.1. The SMILES string of the molecule is CC(C)CCCC(C)C1CCC2C3C(=O)C=C4CC(O)CCC4(C)C3CCC12C.[Ac]. The fourth-order valence-corrected chi connectivity index (χ4v) is 8.41. The molecule has 3 saturated carbocycles. The molecule has 1 N–H and O–H groups in total. The van der Waals surface area contributed by atoms with Gasteiger partial charge in [-0.25, -0.2) is 0 Å². The van der Waals surface area contributed by atoms with Crippen molar-refractivity contribution in [1.29, 1.82) is 0 Å². The zero-order chi connectivity index (χ0) is 21.0. The molecule has 0 amide bonds. The van der Waals surface area contributed by atoms with E-state index in [-0.39, 0.29) is 61.5 Å². The maximum atomic E-state index is 13.4. The molecule has 0 bridgehead atoms. The van der Waals surface area contributed by atoms with Crippen LogP contribution in [0.2, 0.25) is 0 Å². The van der Waals surface area contributed by atoms with Crippen LogP contribution in [0.15, 0.2) is 11.6 Å². The molecule has 8 atom stereocenters. The zero-order valence-electron chi connectivity index (χ0n) is 20.1. The molecule has 8 unspecified atom stereocenters. The number of ketones is 1. The van der Waals surface area contributed by atoms with E-state index in [4.69, 9.17) is 0 Å². The second-order valence-corrected chi connectivity index (χ2v) is 12.2. The molecule has 0 saturated heterocycles. The maximum Gasteiger partial charge on any atom is 0.159 e. The molecule has 3 heteroatoms. The third kappa shape index (κ3) is 4.32. The van der Waals surface area contributed by atoms with Crippen LogP contribution in [0.5, 0.6) is 0 Å². The van der Waals surface area contributed by atoms with E-state index in [0.29, 0.717) is 23.0 Å². The van der Waals surface area contributed by atoms with E-state index < -0.39 is 0 Å². The molecule has 4 aliphatic rings. The minimum absolute atomic E-state index is 0. The largest absolute Gasteiger partial charge is 0.393 e. The molecule has 0 heterocycles. The summed E-state index contributed by atoms with van der Waals surface area (Å²) in [6, 6.07) is 0. The Balaban J connectivity index is 0.00000256. The number of fused-ring (bicyclic) bond motifs is 5. The topological polar surface area (TPSA) is 37.3 Å². The van der Waals surface area contributed by atoms with Gasteiger partial charge in [-0.2, -0.15) is 0 Å². The first-order valence-corrected chi connectivity index (χ1v) is 12.6. The third-order valence-corrected chi connectivity index (χ3v) is 10.1. The van der Waals surface area contributed by atoms with Gasteiger partial charge in [0.15, 0.2) is 5.78 Å². The van der Waals surface area contributed by atoms with Gasteiger partial charge in [0.2, 0.25) is 0 Å². The first-order valence-electron chi connectivity index (χ1n) is 12.6. The zero-order valence-corrected chi connectivity index (χ0v) is 24.9. The van der Waals surface area contributed by atoms with Crippen molar-refractivity contribution in [3.8, 4) is 0 Å². The van der Waals surface area contributed by atoms with Gasteiger partial charge in [0.05, 0.1) is 6.10 Å².